The van der Waals surface area contributed by atoms with E-state index in [1.165, 1.54) is 22.4 Å². The van der Waals surface area contributed by atoms with Crippen LogP contribution in [0.1, 0.15) is 28.9 Å². The number of halogens is 2. The molecule has 1 aliphatic heterocycles. The van der Waals surface area contributed by atoms with E-state index in [0.717, 1.165) is 16.3 Å². The smallest absolute Gasteiger partial charge is 0.255 e. The summed E-state index contributed by atoms with van der Waals surface area (Å²) in [5.74, 6) is -2.89. The number of aryl methyl sites for hydroxylation is 1. The highest BCUT2D eigenvalue weighted by Gasteiger charge is 2.35. The van der Waals surface area contributed by atoms with Gasteiger partial charge in [0.1, 0.15) is 0 Å². The molecule has 0 saturated carbocycles. The quantitative estimate of drug-likeness (QED) is 0.851. The van der Waals surface area contributed by atoms with Crippen LogP contribution in [0.3, 0.4) is 0 Å². The number of thiazole rings is 1. The van der Waals surface area contributed by atoms with Gasteiger partial charge in [-0.25, -0.2) is 13.8 Å². The summed E-state index contributed by atoms with van der Waals surface area (Å²) in [7, 11) is 0. The Morgan fingerprint density at radius 3 is 2.55 bits per heavy atom. The second kappa shape index (κ2) is 5.72. The van der Waals surface area contributed by atoms with Crippen molar-refractivity contribution in [3.63, 3.8) is 0 Å². The number of pyridine rings is 1. The molecule has 2 aromatic rings. The van der Waals surface area contributed by atoms with Crippen molar-refractivity contribution >= 4 is 17.2 Å². The van der Waals surface area contributed by atoms with Crippen LogP contribution in [-0.2, 0) is 0 Å². The van der Waals surface area contributed by atoms with Gasteiger partial charge in [0.15, 0.2) is 0 Å². The zero-order valence-electron chi connectivity index (χ0n) is 12.1. The third-order valence-corrected chi connectivity index (χ3v) is 4.72. The van der Waals surface area contributed by atoms with Gasteiger partial charge in [-0.1, -0.05) is 0 Å². The number of alkyl halides is 2. The lowest BCUT2D eigenvalue weighted by Gasteiger charge is -2.31. The van der Waals surface area contributed by atoms with Gasteiger partial charge in [0.25, 0.3) is 11.8 Å². The minimum atomic E-state index is -2.65. The molecule has 0 unspecified atom stereocenters. The monoisotopic (exact) mass is 323 g/mol. The van der Waals surface area contributed by atoms with Crippen molar-refractivity contribution in [1.82, 2.24) is 14.9 Å². The van der Waals surface area contributed by atoms with E-state index in [1.807, 2.05) is 6.92 Å². The van der Waals surface area contributed by atoms with E-state index >= 15 is 0 Å². The van der Waals surface area contributed by atoms with E-state index in [0.29, 0.717) is 5.56 Å². The van der Waals surface area contributed by atoms with E-state index in [9.17, 15) is 13.6 Å². The number of carbonyl (C=O) groups excluding carboxylic acids is 1. The second-order valence-electron chi connectivity index (χ2n) is 5.35. The van der Waals surface area contributed by atoms with Crippen LogP contribution in [0.2, 0.25) is 0 Å². The number of hydrogen-bond donors (Lipinski definition) is 0. The summed E-state index contributed by atoms with van der Waals surface area (Å²) in [6.45, 7) is 2.07. The predicted octanol–water partition coefficient (Wildman–Crippen LogP) is 3.38. The highest BCUT2D eigenvalue weighted by Crippen LogP contribution is 2.29. The normalized spacial score (nSPS) is 17.5. The molecule has 0 aromatic carbocycles. The number of amides is 1. The van der Waals surface area contributed by atoms with Crippen LogP contribution in [0.15, 0.2) is 23.8 Å². The van der Waals surface area contributed by atoms with Crippen LogP contribution >= 0.6 is 11.3 Å². The predicted molar refractivity (Wildman–Crippen MR) is 80.2 cm³/mol. The number of nitrogens with zero attached hydrogens (tertiary/aromatic N) is 3. The summed E-state index contributed by atoms with van der Waals surface area (Å²) < 4.78 is 26.3. The molecule has 0 bridgehead atoms. The zero-order valence-corrected chi connectivity index (χ0v) is 12.9. The average Bonchev–Trinajstić information content (AvgIpc) is 2.93. The van der Waals surface area contributed by atoms with Crippen LogP contribution in [0.25, 0.3) is 10.6 Å². The van der Waals surface area contributed by atoms with Crippen molar-refractivity contribution in [3.8, 4) is 10.6 Å². The summed E-state index contributed by atoms with van der Waals surface area (Å²) in [6, 6.07) is 3.46. The standard InChI is InChI=1S/C15H15F2N3OS/c1-10-13(22-9-19-10)12-3-2-11(8-18-12)14(21)20-6-4-15(16,17)5-7-20/h2-3,8-9H,4-7H2,1H3. The van der Waals surface area contributed by atoms with Crippen LogP contribution in [-0.4, -0.2) is 39.8 Å². The number of hydrogen-bond acceptors (Lipinski definition) is 4. The minimum Gasteiger partial charge on any atom is -0.338 e. The van der Waals surface area contributed by atoms with E-state index in [2.05, 4.69) is 9.97 Å². The molecule has 1 amide bonds. The van der Waals surface area contributed by atoms with E-state index in [4.69, 9.17) is 0 Å². The fraction of sp³-hybridized carbons (Fsp3) is 0.400. The summed E-state index contributed by atoms with van der Waals surface area (Å²) in [5.41, 5.74) is 3.84. The van der Waals surface area contributed by atoms with Crippen molar-refractivity contribution in [2.24, 2.45) is 0 Å². The molecule has 7 heteroatoms. The first-order valence-electron chi connectivity index (χ1n) is 7.00. The Labute approximate surface area is 130 Å². The third-order valence-electron chi connectivity index (χ3n) is 3.77. The first-order chi connectivity index (χ1) is 10.5. The van der Waals surface area contributed by atoms with E-state index in [1.54, 1.807) is 17.6 Å². The fourth-order valence-corrected chi connectivity index (χ4v) is 3.20. The van der Waals surface area contributed by atoms with Crippen LogP contribution in [0, 0.1) is 6.92 Å². The Morgan fingerprint density at radius 1 is 1.27 bits per heavy atom. The van der Waals surface area contributed by atoms with Gasteiger partial charge in [0.2, 0.25) is 0 Å². The van der Waals surface area contributed by atoms with Gasteiger partial charge in [-0.15, -0.1) is 11.3 Å². The lowest BCUT2D eigenvalue weighted by molar-refractivity contribution is -0.0494. The number of likely N-dealkylation sites (tertiary alicyclic amines) is 1. The Kier molecular flexibility index (Phi) is 3.90. The van der Waals surface area contributed by atoms with Crippen LogP contribution < -0.4 is 0 Å². The van der Waals surface area contributed by atoms with Gasteiger partial charge >= 0.3 is 0 Å². The van der Waals surface area contributed by atoms with Crippen LogP contribution in [0.5, 0.6) is 0 Å². The van der Waals surface area contributed by atoms with E-state index in [-0.39, 0.29) is 31.8 Å². The van der Waals surface area contributed by atoms with Crippen molar-refractivity contribution in [2.75, 3.05) is 13.1 Å². The molecule has 22 heavy (non-hydrogen) atoms. The van der Waals surface area contributed by atoms with E-state index < -0.39 is 5.92 Å². The molecule has 0 atom stereocenters. The molecule has 116 valence electrons. The summed E-state index contributed by atoms with van der Waals surface area (Å²) in [5, 5.41) is 0. The zero-order chi connectivity index (χ0) is 15.7. The third kappa shape index (κ3) is 2.99. The number of carbonyl (C=O) groups is 1. The molecule has 3 heterocycles. The van der Waals surface area contributed by atoms with Crippen molar-refractivity contribution in [1.29, 1.82) is 0 Å². The maximum Gasteiger partial charge on any atom is 0.255 e. The van der Waals surface area contributed by atoms with Gasteiger partial charge in [0, 0.05) is 32.1 Å². The van der Waals surface area contributed by atoms with Crippen LogP contribution in [0.4, 0.5) is 8.78 Å². The molecule has 4 nitrogen and oxygen atoms in total. The maximum absolute atomic E-state index is 13.1. The Morgan fingerprint density at radius 2 is 2.00 bits per heavy atom. The average molecular weight is 323 g/mol. The number of piperidine rings is 1. The topological polar surface area (TPSA) is 46.1 Å². The Balaban J connectivity index is 1.73. The molecule has 3 rings (SSSR count). The summed E-state index contributed by atoms with van der Waals surface area (Å²) in [6.07, 6.45) is 0.957. The highest BCUT2D eigenvalue weighted by molar-refractivity contribution is 7.13. The molecule has 1 saturated heterocycles. The lowest BCUT2D eigenvalue weighted by atomic mass is 10.1. The highest BCUT2D eigenvalue weighted by atomic mass is 32.1. The SMILES string of the molecule is Cc1ncsc1-c1ccc(C(=O)N2CCC(F)(F)CC2)cn1. The first kappa shape index (κ1) is 15.0. The van der Waals surface area contributed by atoms with Crippen molar-refractivity contribution in [2.45, 2.75) is 25.7 Å². The maximum atomic E-state index is 13.1. The first-order valence-corrected chi connectivity index (χ1v) is 7.88. The summed E-state index contributed by atoms with van der Waals surface area (Å²) in [4.78, 5) is 23.2. The van der Waals surface area contributed by atoms with Gasteiger partial charge in [-0.05, 0) is 19.1 Å². The lowest BCUT2D eigenvalue weighted by Crippen LogP contribution is -2.42. The van der Waals surface area contributed by atoms with Gasteiger partial charge in [0.05, 0.1) is 27.3 Å². The molecule has 0 spiro atoms. The molecule has 2 aromatic heterocycles. The number of aromatic nitrogens is 2. The van der Waals surface area contributed by atoms with Crippen molar-refractivity contribution < 1.29 is 13.6 Å². The number of rotatable bonds is 2. The molecule has 0 N–H and O–H groups in total. The van der Waals surface area contributed by atoms with Gasteiger partial charge in [-0.2, -0.15) is 0 Å². The Hall–Kier alpha value is -1.89. The summed E-state index contributed by atoms with van der Waals surface area (Å²) >= 11 is 1.49. The molecular weight excluding hydrogens is 308 g/mol. The second-order valence-corrected chi connectivity index (χ2v) is 6.20. The molecule has 1 aliphatic rings. The van der Waals surface area contributed by atoms with Gasteiger partial charge < -0.3 is 4.90 Å². The van der Waals surface area contributed by atoms with Gasteiger partial charge in [-0.3, -0.25) is 9.78 Å². The molecule has 0 radical (unpaired) electrons. The minimum absolute atomic E-state index is 0.0849. The molecule has 0 aliphatic carbocycles. The molecule has 1 fully saturated rings. The van der Waals surface area contributed by atoms with Crippen molar-refractivity contribution in [3.05, 3.63) is 35.1 Å². The largest absolute Gasteiger partial charge is 0.338 e. The molecular formula is C15H15F2N3OS. The fourth-order valence-electron chi connectivity index (χ4n) is 2.42. The Bertz CT molecular complexity index is 674.